The van der Waals surface area contributed by atoms with E-state index in [1.807, 2.05) is 12.1 Å². The van der Waals surface area contributed by atoms with Gasteiger partial charge in [-0.15, -0.1) is 0 Å². The van der Waals surface area contributed by atoms with Gasteiger partial charge in [-0.05, 0) is 48.2 Å². The first kappa shape index (κ1) is 12.7. The van der Waals surface area contributed by atoms with Gasteiger partial charge in [-0.2, -0.15) is 0 Å². The molecular weight excluding hydrogens is 259 g/mol. The van der Waals surface area contributed by atoms with Crippen LogP contribution in [-0.2, 0) is 6.42 Å². The first-order valence-electron chi connectivity index (χ1n) is 6.44. The molecule has 0 radical (unpaired) electrons. The van der Waals surface area contributed by atoms with Crippen LogP contribution in [0.3, 0.4) is 0 Å². The molecule has 0 spiro atoms. The van der Waals surface area contributed by atoms with Crippen molar-refractivity contribution in [1.29, 1.82) is 0 Å². The van der Waals surface area contributed by atoms with Crippen molar-refractivity contribution in [3.8, 4) is 16.9 Å². The summed E-state index contributed by atoms with van der Waals surface area (Å²) in [5.41, 5.74) is 2.16. The molecule has 20 heavy (non-hydrogen) atoms. The molecule has 0 bridgehead atoms. The lowest BCUT2D eigenvalue weighted by molar-refractivity contribution is 0.0696. The van der Waals surface area contributed by atoms with E-state index in [0.29, 0.717) is 12.2 Å². The third kappa shape index (κ3) is 2.25. The molecule has 3 rings (SSSR count). The summed E-state index contributed by atoms with van der Waals surface area (Å²) >= 11 is 0. The summed E-state index contributed by atoms with van der Waals surface area (Å²) in [5.74, 6) is -0.807. The van der Waals surface area contributed by atoms with Gasteiger partial charge in [0.05, 0.1) is 12.2 Å². The zero-order valence-electron chi connectivity index (χ0n) is 10.7. The molecule has 0 unspecified atom stereocenters. The van der Waals surface area contributed by atoms with Crippen LogP contribution < -0.4 is 4.74 Å². The van der Waals surface area contributed by atoms with E-state index in [1.54, 1.807) is 6.07 Å². The lowest BCUT2D eigenvalue weighted by Crippen LogP contribution is -2.08. The molecule has 1 aliphatic rings. The van der Waals surface area contributed by atoms with Gasteiger partial charge in [-0.25, -0.2) is 9.18 Å². The van der Waals surface area contributed by atoms with Crippen molar-refractivity contribution >= 4 is 5.97 Å². The largest absolute Gasteiger partial charge is 0.493 e. The predicted molar refractivity (Wildman–Crippen MR) is 72.6 cm³/mol. The summed E-state index contributed by atoms with van der Waals surface area (Å²) in [6.07, 6.45) is 1.87. The van der Waals surface area contributed by atoms with Gasteiger partial charge in [-0.1, -0.05) is 12.1 Å². The molecular formula is C16H13FO3. The first-order chi connectivity index (χ1) is 9.65. The maximum atomic E-state index is 14.0. The summed E-state index contributed by atoms with van der Waals surface area (Å²) in [7, 11) is 0. The van der Waals surface area contributed by atoms with Gasteiger partial charge in [0.2, 0.25) is 0 Å². The van der Waals surface area contributed by atoms with Crippen molar-refractivity contribution in [2.24, 2.45) is 0 Å². The molecule has 0 saturated carbocycles. The van der Waals surface area contributed by atoms with E-state index in [4.69, 9.17) is 9.84 Å². The molecule has 1 N–H and O–H groups in total. The molecule has 3 nitrogen and oxygen atoms in total. The minimum atomic E-state index is -1.13. The van der Waals surface area contributed by atoms with E-state index in [2.05, 4.69) is 0 Å². The van der Waals surface area contributed by atoms with Crippen LogP contribution >= 0.6 is 0 Å². The van der Waals surface area contributed by atoms with Crippen molar-refractivity contribution in [3.63, 3.8) is 0 Å². The topological polar surface area (TPSA) is 46.5 Å². The minimum Gasteiger partial charge on any atom is -0.493 e. The van der Waals surface area contributed by atoms with Crippen molar-refractivity contribution in [2.75, 3.05) is 6.61 Å². The fourth-order valence-corrected chi connectivity index (χ4v) is 2.41. The molecule has 1 heterocycles. The van der Waals surface area contributed by atoms with Crippen LogP contribution in [0.15, 0.2) is 36.4 Å². The van der Waals surface area contributed by atoms with Crippen LogP contribution in [0.25, 0.3) is 11.1 Å². The van der Waals surface area contributed by atoms with Crippen molar-refractivity contribution in [1.82, 2.24) is 0 Å². The fraction of sp³-hybridized carbons (Fsp3) is 0.188. The van der Waals surface area contributed by atoms with E-state index < -0.39 is 11.8 Å². The number of fused-ring (bicyclic) bond motifs is 1. The average molecular weight is 272 g/mol. The van der Waals surface area contributed by atoms with Gasteiger partial charge < -0.3 is 9.84 Å². The third-order valence-electron chi connectivity index (χ3n) is 3.44. The maximum absolute atomic E-state index is 14.0. The van der Waals surface area contributed by atoms with Crippen LogP contribution in [0.1, 0.15) is 22.3 Å². The number of ether oxygens (including phenoxy) is 1. The van der Waals surface area contributed by atoms with Gasteiger partial charge in [0.25, 0.3) is 0 Å². The Morgan fingerprint density at radius 3 is 2.80 bits per heavy atom. The molecule has 0 atom stereocenters. The molecule has 1 aliphatic heterocycles. The zero-order chi connectivity index (χ0) is 14.1. The van der Waals surface area contributed by atoms with E-state index >= 15 is 0 Å². The Labute approximate surface area is 115 Å². The number of carboxylic acids is 1. The quantitative estimate of drug-likeness (QED) is 0.909. The molecule has 102 valence electrons. The van der Waals surface area contributed by atoms with Crippen molar-refractivity contribution < 1.29 is 19.0 Å². The second kappa shape index (κ2) is 4.96. The van der Waals surface area contributed by atoms with Crippen LogP contribution in [0.4, 0.5) is 4.39 Å². The predicted octanol–water partition coefficient (Wildman–Crippen LogP) is 3.52. The highest BCUT2D eigenvalue weighted by atomic mass is 19.1. The summed E-state index contributed by atoms with van der Waals surface area (Å²) in [6, 6.07) is 9.51. The molecule has 0 aliphatic carbocycles. The number of carbonyl (C=O) groups is 1. The second-order valence-electron chi connectivity index (χ2n) is 4.77. The van der Waals surface area contributed by atoms with Gasteiger partial charge >= 0.3 is 5.97 Å². The van der Waals surface area contributed by atoms with Crippen LogP contribution in [0, 0.1) is 5.82 Å². The number of carboxylic acid groups (broad SMARTS) is 1. The Bertz CT molecular complexity index is 679. The Hall–Kier alpha value is -2.36. The maximum Gasteiger partial charge on any atom is 0.335 e. The lowest BCUT2D eigenvalue weighted by atomic mass is 9.98. The van der Waals surface area contributed by atoms with Crippen LogP contribution in [-0.4, -0.2) is 17.7 Å². The smallest absolute Gasteiger partial charge is 0.335 e. The minimum absolute atomic E-state index is 0.0486. The Morgan fingerprint density at radius 1 is 1.20 bits per heavy atom. The fourth-order valence-electron chi connectivity index (χ4n) is 2.41. The van der Waals surface area contributed by atoms with E-state index in [9.17, 15) is 9.18 Å². The van der Waals surface area contributed by atoms with Gasteiger partial charge in [0.15, 0.2) is 0 Å². The number of aryl methyl sites for hydroxylation is 1. The summed E-state index contributed by atoms with van der Waals surface area (Å²) in [6.45, 7) is 0.716. The highest BCUT2D eigenvalue weighted by molar-refractivity contribution is 5.88. The van der Waals surface area contributed by atoms with E-state index in [-0.39, 0.29) is 5.56 Å². The van der Waals surface area contributed by atoms with Crippen LogP contribution in [0.5, 0.6) is 5.75 Å². The Morgan fingerprint density at radius 2 is 2.05 bits per heavy atom. The monoisotopic (exact) mass is 272 g/mol. The lowest BCUT2D eigenvalue weighted by Gasteiger charge is -2.18. The van der Waals surface area contributed by atoms with Crippen LogP contribution in [0.2, 0.25) is 0 Å². The van der Waals surface area contributed by atoms with Gasteiger partial charge in [0.1, 0.15) is 11.6 Å². The molecule has 0 aromatic heterocycles. The molecule has 2 aromatic rings. The SMILES string of the molecule is O=C(O)c1ccc(-c2ccc3c(c2)CCCO3)c(F)c1. The average Bonchev–Trinajstić information content (AvgIpc) is 2.46. The molecule has 4 heteroatoms. The van der Waals surface area contributed by atoms with Crippen molar-refractivity contribution in [3.05, 3.63) is 53.3 Å². The molecule has 2 aromatic carbocycles. The van der Waals surface area contributed by atoms with E-state index in [0.717, 1.165) is 35.8 Å². The van der Waals surface area contributed by atoms with Gasteiger partial charge in [-0.3, -0.25) is 0 Å². The first-order valence-corrected chi connectivity index (χ1v) is 6.44. The second-order valence-corrected chi connectivity index (χ2v) is 4.77. The number of aromatic carboxylic acids is 1. The summed E-state index contributed by atoms with van der Waals surface area (Å²) in [5, 5.41) is 8.85. The summed E-state index contributed by atoms with van der Waals surface area (Å²) in [4.78, 5) is 10.8. The third-order valence-corrected chi connectivity index (χ3v) is 3.44. The number of hydrogen-bond donors (Lipinski definition) is 1. The number of rotatable bonds is 2. The normalized spacial score (nSPS) is 13.4. The van der Waals surface area contributed by atoms with Crippen molar-refractivity contribution in [2.45, 2.75) is 12.8 Å². The molecule has 0 saturated heterocycles. The Kier molecular flexibility index (Phi) is 3.14. The molecule has 0 fully saturated rings. The summed E-state index contributed by atoms with van der Waals surface area (Å²) < 4.78 is 19.6. The highest BCUT2D eigenvalue weighted by Crippen LogP contribution is 2.31. The highest BCUT2D eigenvalue weighted by Gasteiger charge is 2.14. The molecule has 0 amide bonds. The van der Waals surface area contributed by atoms with Gasteiger partial charge in [0, 0.05) is 5.56 Å². The van der Waals surface area contributed by atoms with E-state index in [1.165, 1.54) is 12.1 Å². The number of hydrogen-bond acceptors (Lipinski definition) is 2. The standard InChI is InChI=1S/C16H13FO3/c17-14-9-12(16(18)19)3-5-13(14)10-4-6-15-11(8-10)2-1-7-20-15/h3-6,8-9H,1-2,7H2,(H,18,19). The number of halogens is 1. The number of benzene rings is 2. The Balaban J connectivity index is 2.02. The zero-order valence-corrected chi connectivity index (χ0v) is 10.7.